The number of hydrogen-bond acceptors (Lipinski definition) is 4. The molecule has 6 nitrogen and oxygen atoms in total. The fourth-order valence-electron chi connectivity index (χ4n) is 1.99. The Kier molecular flexibility index (Phi) is 7.49. The van der Waals surface area contributed by atoms with Crippen LogP contribution in [0.2, 0.25) is 0 Å². The van der Waals surface area contributed by atoms with Crippen molar-refractivity contribution in [3.05, 3.63) is 0 Å². The second kappa shape index (κ2) is 8.03. The first kappa shape index (κ1) is 15.9. The molecule has 0 saturated carbocycles. The molecule has 0 aliphatic heterocycles. The topological polar surface area (TPSA) is 127 Å². The largest absolute Gasteiger partial charge is 0.481 e. The van der Waals surface area contributed by atoms with E-state index in [4.69, 9.17) is 21.7 Å². The Morgan fingerprint density at radius 1 is 1.06 bits per heavy atom. The maximum Gasteiger partial charge on any atom is 0.306 e. The second-order valence-electron chi connectivity index (χ2n) is 4.35. The number of aliphatic carboxylic acids is 2. The molecule has 0 aromatic rings. The average molecular weight is 246 g/mol. The van der Waals surface area contributed by atoms with Gasteiger partial charge in [-0.3, -0.25) is 9.59 Å². The van der Waals surface area contributed by atoms with E-state index < -0.39 is 23.8 Å². The van der Waals surface area contributed by atoms with Gasteiger partial charge < -0.3 is 21.7 Å². The molecule has 0 radical (unpaired) electrons. The van der Waals surface area contributed by atoms with Gasteiger partial charge in [-0.15, -0.1) is 0 Å². The van der Waals surface area contributed by atoms with Crippen LogP contribution in [0.1, 0.15) is 26.2 Å². The van der Waals surface area contributed by atoms with Crippen LogP contribution in [0, 0.1) is 17.8 Å². The van der Waals surface area contributed by atoms with Crippen molar-refractivity contribution in [3.8, 4) is 0 Å². The zero-order valence-electron chi connectivity index (χ0n) is 10.1. The van der Waals surface area contributed by atoms with Gasteiger partial charge in [0.05, 0.1) is 11.8 Å². The van der Waals surface area contributed by atoms with Crippen molar-refractivity contribution in [2.75, 3.05) is 13.1 Å². The average Bonchev–Trinajstić information content (AvgIpc) is 2.24. The van der Waals surface area contributed by atoms with Gasteiger partial charge in [0.1, 0.15) is 0 Å². The highest BCUT2D eigenvalue weighted by atomic mass is 16.4. The number of carbonyl (C=O) groups is 2. The third-order valence-corrected chi connectivity index (χ3v) is 3.00. The van der Waals surface area contributed by atoms with Crippen LogP contribution in [0.3, 0.4) is 0 Å². The van der Waals surface area contributed by atoms with Crippen LogP contribution >= 0.6 is 0 Å². The molecule has 0 aromatic carbocycles. The molecule has 100 valence electrons. The highest BCUT2D eigenvalue weighted by molar-refractivity contribution is 5.71. The maximum absolute atomic E-state index is 11.0. The van der Waals surface area contributed by atoms with Crippen LogP contribution in [-0.4, -0.2) is 35.2 Å². The predicted molar refractivity (Wildman–Crippen MR) is 63.4 cm³/mol. The standard InChI is InChI=1S/C11H22N2O4/c1-7(9(3-5-13)11(16)17)6-8(2-4-12)10(14)15/h7-9H,2-6,12-13H2,1H3,(H,14,15)(H,16,17). The second-order valence-corrected chi connectivity index (χ2v) is 4.35. The molecule has 0 spiro atoms. The minimum Gasteiger partial charge on any atom is -0.481 e. The summed E-state index contributed by atoms with van der Waals surface area (Å²) in [6, 6.07) is 0. The third kappa shape index (κ3) is 5.65. The quantitative estimate of drug-likeness (QED) is 0.457. The van der Waals surface area contributed by atoms with E-state index in [9.17, 15) is 9.59 Å². The van der Waals surface area contributed by atoms with Gasteiger partial charge in [-0.25, -0.2) is 0 Å². The van der Waals surface area contributed by atoms with E-state index in [1.807, 2.05) is 0 Å². The van der Waals surface area contributed by atoms with Crippen molar-refractivity contribution in [2.24, 2.45) is 29.2 Å². The minimum atomic E-state index is -0.917. The molecular weight excluding hydrogens is 224 g/mol. The summed E-state index contributed by atoms with van der Waals surface area (Å²) in [5.74, 6) is -3.21. The lowest BCUT2D eigenvalue weighted by Crippen LogP contribution is -2.28. The zero-order chi connectivity index (χ0) is 13.4. The number of nitrogens with two attached hydrogens (primary N) is 2. The molecule has 0 amide bonds. The molecular formula is C11H22N2O4. The fraction of sp³-hybridized carbons (Fsp3) is 0.818. The highest BCUT2D eigenvalue weighted by Crippen LogP contribution is 2.24. The maximum atomic E-state index is 11.0. The molecule has 0 aliphatic carbocycles. The van der Waals surface area contributed by atoms with E-state index in [-0.39, 0.29) is 19.0 Å². The van der Waals surface area contributed by atoms with Gasteiger partial charge in [0.2, 0.25) is 0 Å². The Morgan fingerprint density at radius 3 is 1.94 bits per heavy atom. The van der Waals surface area contributed by atoms with Crippen LogP contribution in [0.5, 0.6) is 0 Å². The Bertz CT molecular complexity index is 258. The molecule has 0 heterocycles. The summed E-state index contributed by atoms with van der Waals surface area (Å²) in [4.78, 5) is 22.0. The molecule has 0 aliphatic rings. The van der Waals surface area contributed by atoms with Gasteiger partial charge in [-0.2, -0.15) is 0 Å². The van der Waals surface area contributed by atoms with Gasteiger partial charge >= 0.3 is 11.9 Å². The van der Waals surface area contributed by atoms with Crippen molar-refractivity contribution in [3.63, 3.8) is 0 Å². The Hall–Kier alpha value is -1.14. The summed E-state index contributed by atoms with van der Waals surface area (Å²) in [6.07, 6.45) is 1.06. The van der Waals surface area contributed by atoms with Crippen molar-refractivity contribution in [1.82, 2.24) is 0 Å². The number of carboxylic acids is 2. The lowest BCUT2D eigenvalue weighted by Gasteiger charge is -2.22. The Morgan fingerprint density at radius 2 is 1.59 bits per heavy atom. The molecule has 0 fully saturated rings. The first-order chi connectivity index (χ1) is 7.93. The number of rotatable bonds is 9. The minimum absolute atomic E-state index is 0.219. The third-order valence-electron chi connectivity index (χ3n) is 3.00. The summed E-state index contributed by atoms with van der Waals surface area (Å²) in [7, 11) is 0. The number of carboxylic acid groups (broad SMARTS) is 2. The summed E-state index contributed by atoms with van der Waals surface area (Å²) in [6.45, 7) is 2.33. The summed E-state index contributed by atoms with van der Waals surface area (Å²) < 4.78 is 0. The van der Waals surface area contributed by atoms with Crippen LogP contribution in [0.15, 0.2) is 0 Å². The van der Waals surface area contributed by atoms with Gasteiger partial charge in [0.25, 0.3) is 0 Å². The molecule has 17 heavy (non-hydrogen) atoms. The molecule has 3 unspecified atom stereocenters. The lowest BCUT2D eigenvalue weighted by atomic mass is 9.83. The van der Waals surface area contributed by atoms with Crippen LogP contribution in [0.4, 0.5) is 0 Å². The highest BCUT2D eigenvalue weighted by Gasteiger charge is 2.28. The van der Waals surface area contributed by atoms with E-state index in [0.717, 1.165) is 0 Å². The SMILES string of the molecule is CC(CC(CCN)C(=O)O)C(CCN)C(=O)O. The smallest absolute Gasteiger partial charge is 0.306 e. The van der Waals surface area contributed by atoms with Gasteiger partial charge in [0, 0.05) is 0 Å². The monoisotopic (exact) mass is 246 g/mol. The zero-order valence-corrected chi connectivity index (χ0v) is 10.1. The Labute approximate surface area is 101 Å². The van der Waals surface area contributed by atoms with Crippen LogP contribution in [0.25, 0.3) is 0 Å². The molecule has 0 saturated heterocycles. The van der Waals surface area contributed by atoms with E-state index in [1.165, 1.54) is 0 Å². The van der Waals surface area contributed by atoms with Crippen molar-refractivity contribution < 1.29 is 19.8 Å². The summed E-state index contributed by atoms with van der Waals surface area (Å²) in [5.41, 5.74) is 10.7. The van der Waals surface area contributed by atoms with Crippen LogP contribution in [-0.2, 0) is 9.59 Å². The summed E-state index contributed by atoms with van der Waals surface area (Å²) >= 11 is 0. The van der Waals surface area contributed by atoms with Crippen molar-refractivity contribution >= 4 is 11.9 Å². The molecule has 0 aromatic heterocycles. The molecule has 0 bridgehead atoms. The first-order valence-corrected chi connectivity index (χ1v) is 5.79. The fourth-order valence-corrected chi connectivity index (χ4v) is 1.99. The summed E-state index contributed by atoms with van der Waals surface area (Å²) in [5, 5.41) is 18.0. The van der Waals surface area contributed by atoms with Crippen molar-refractivity contribution in [2.45, 2.75) is 26.2 Å². The number of hydrogen-bond donors (Lipinski definition) is 4. The first-order valence-electron chi connectivity index (χ1n) is 5.79. The molecule has 0 rings (SSSR count). The van der Waals surface area contributed by atoms with Crippen LogP contribution < -0.4 is 11.5 Å². The van der Waals surface area contributed by atoms with Crippen molar-refractivity contribution in [1.29, 1.82) is 0 Å². The normalized spacial score (nSPS) is 16.2. The molecule has 6 N–H and O–H groups in total. The Balaban J connectivity index is 4.49. The van der Waals surface area contributed by atoms with E-state index >= 15 is 0 Å². The van der Waals surface area contributed by atoms with Gasteiger partial charge in [-0.1, -0.05) is 6.92 Å². The molecule has 6 heteroatoms. The molecule has 3 atom stereocenters. The van der Waals surface area contributed by atoms with E-state index in [1.54, 1.807) is 6.92 Å². The van der Waals surface area contributed by atoms with Gasteiger partial charge in [0.15, 0.2) is 0 Å². The van der Waals surface area contributed by atoms with E-state index in [0.29, 0.717) is 19.3 Å². The predicted octanol–water partition coefficient (Wildman–Crippen LogP) is 0.112. The lowest BCUT2D eigenvalue weighted by molar-refractivity contribution is -0.147. The van der Waals surface area contributed by atoms with E-state index in [2.05, 4.69) is 0 Å². The van der Waals surface area contributed by atoms with Gasteiger partial charge in [-0.05, 0) is 38.3 Å².